The summed E-state index contributed by atoms with van der Waals surface area (Å²) in [6.07, 6.45) is 2.05. The number of nitrogens with one attached hydrogen (secondary N) is 1. The van der Waals surface area contributed by atoms with E-state index in [9.17, 15) is 4.79 Å². The summed E-state index contributed by atoms with van der Waals surface area (Å²) in [6.45, 7) is 2.02. The maximum Gasteiger partial charge on any atom is 0.261 e. The molecule has 1 aromatic rings. The maximum absolute atomic E-state index is 11.8. The first kappa shape index (κ1) is 13.5. The predicted octanol–water partition coefficient (Wildman–Crippen LogP) is 3.05. The number of hydrogen-bond acceptors (Lipinski definition) is 3. The third kappa shape index (κ3) is 4.14. The van der Waals surface area contributed by atoms with Crippen LogP contribution in [0.3, 0.4) is 0 Å². The van der Waals surface area contributed by atoms with Crippen LogP contribution in [0.4, 0.5) is 0 Å². The monoisotopic (exact) mass is 305 g/mol. The standard InChI is InChI=1S/C11H16BrNO2S/c1-8(4-3-5-12)13-11(14)10-6-9(15-2)7-16-10/h6-8H,3-5H2,1-2H3,(H,13,14). The largest absolute Gasteiger partial charge is 0.496 e. The molecule has 1 amide bonds. The van der Waals surface area contributed by atoms with Gasteiger partial charge in [0.25, 0.3) is 5.91 Å². The zero-order valence-electron chi connectivity index (χ0n) is 9.46. The molecule has 16 heavy (non-hydrogen) atoms. The van der Waals surface area contributed by atoms with E-state index in [0.29, 0.717) is 4.88 Å². The summed E-state index contributed by atoms with van der Waals surface area (Å²) in [5, 5.41) is 5.77. The van der Waals surface area contributed by atoms with Gasteiger partial charge in [-0.25, -0.2) is 0 Å². The van der Waals surface area contributed by atoms with Crippen molar-refractivity contribution >= 4 is 33.2 Å². The fourth-order valence-corrected chi connectivity index (χ4v) is 2.38. The van der Waals surface area contributed by atoms with Gasteiger partial charge in [0.05, 0.1) is 12.0 Å². The molecule has 0 aliphatic heterocycles. The van der Waals surface area contributed by atoms with Crippen molar-refractivity contribution in [3.63, 3.8) is 0 Å². The fraction of sp³-hybridized carbons (Fsp3) is 0.545. The Morgan fingerprint density at radius 1 is 1.69 bits per heavy atom. The molecule has 5 heteroatoms. The van der Waals surface area contributed by atoms with Crippen molar-refractivity contribution in [1.29, 1.82) is 0 Å². The second kappa shape index (κ2) is 6.91. The van der Waals surface area contributed by atoms with E-state index in [1.807, 2.05) is 12.3 Å². The van der Waals surface area contributed by atoms with Crippen LogP contribution in [-0.4, -0.2) is 24.4 Å². The molecule has 0 aliphatic rings. The second-order valence-corrected chi connectivity index (χ2v) is 5.26. The van der Waals surface area contributed by atoms with Gasteiger partial charge in [-0.15, -0.1) is 11.3 Å². The van der Waals surface area contributed by atoms with Crippen LogP contribution >= 0.6 is 27.3 Å². The number of carbonyl (C=O) groups excluding carboxylic acids is 1. The topological polar surface area (TPSA) is 38.3 Å². The van der Waals surface area contributed by atoms with Crippen molar-refractivity contribution in [3.05, 3.63) is 16.3 Å². The van der Waals surface area contributed by atoms with Gasteiger partial charge < -0.3 is 10.1 Å². The van der Waals surface area contributed by atoms with Gasteiger partial charge in [-0.3, -0.25) is 4.79 Å². The molecule has 0 aliphatic carbocycles. The lowest BCUT2D eigenvalue weighted by atomic mass is 10.2. The van der Waals surface area contributed by atoms with Crippen LogP contribution in [0.15, 0.2) is 11.4 Å². The molecule has 0 saturated carbocycles. The average molecular weight is 306 g/mol. The lowest BCUT2D eigenvalue weighted by Gasteiger charge is -2.11. The van der Waals surface area contributed by atoms with Crippen LogP contribution in [0.5, 0.6) is 5.75 Å². The predicted molar refractivity (Wildman–Crippen MR) is 70.8 cm³/mol. The van der Waals surface area contributed by atoms with E-state index in [-0.39, 0.29) is 11.9 Å². The van der Waals surface area contributed by atoms with Gasteiger partial charge >= 0.3 is 0 Å². The van der Waals surface area contributed by atoms with E-state index in [2.05, 4.69) is 21.2 Å². The van der Waals surface area contributed by atoms with Gasteiger partial charge in [-0.1, -0.05) is 15.9 Å². The lowest BCUT2D eigenvalue weighted by Crippen LogP contribution is -2.31. The van der Waals surface area contributed by atoms with Gasteiger partial charge in [0.15, 0.2) is 0 Å². The highest BCUT2D eigenvalue weighted by Gasteiger charge is 2.11. The molecule has 1 unspecified atom stereocenters. The maximum atomic E-state index is 11.8. The van der Waals surface area contributed by atoms with Crippen LogP contribution in [0.1, 0.15) is 29.4 Å². The van der Waals surface area contributed by atoms with Crippen molar-refractivity contribution < 1.29 is 9.53 Å². The third-order valence-electron chi connectivity index (χ3n) is 2.18. The van der Waals surface area contributed by atoms with Crippen LogP contribution < -0.4 is 10.1 Å². The Balaban J connectivity index is 2.45. The average Bonchev–Trinajstić information content (AvgIpc) is 2.74. The minimum atomic E-state index is -0.0182. The van der Waals surface area contributed by atoms with Crippen LogP contribution in [0.2, 0.25) is 0 Å². The zero-order valence-corrected chi connectivity index (χ0v) is 11.9. The lowest BCUT2D eigenvalue weighted by molar-refractivity contribution is 0.0942. The number of carbonyl (C=O) groups is 1. The van der Waals surface area contributed by atoms with Crippen molar-refractivity contribution in [2.45, 2.75) is 25.8 Å². The molecule has 90 valence electrons. The number of amides is 1. The van der Waals surface area contributed by atoms with E-state index in [0.717, 1.165) is 23.9 Å². The van der Waals surface area contributed by atoms with Gasteiger partial charge in [-0.05, 0) is 19.8 Å². The fourth-order valence-electron chi connectivity index (χ4n) is 1.30. The Morgan fingerprint density at radius 2 is 2.44 bits per heavy atom. The Bertz CT molecular complexity index is 340. The first-order valence-electron chi connectivity index (χ1n) is 5.16. The van der Waals surface area contributed by atoms with Gasteiger partial charge in [-0.2, -0.15) is 0 Å². The number of rotatable bonds is 6. The molecular weight excluding hydrogens is 290 g/mol. The molecule has 1 heterocycles. The van der Waals surface area contributed by atoms with E-state index in [1.165, 1.54) is 11.3 Å². The van der Waals surface area contributed by atoms with Crippen molar-refractivity contribution in [3.8, 4) is 5.75 Å². The molecule has 1 atom stereocenters. The highest BCUT2D eigenvalue weighted by atomic mass is 79.9. The van der Waals surface area contributed by atoms with E-state index < -0.39 is 0 Å². The molecule has 0 spiro atoms. The Kier molecular flexibility index (Phi) is 5.84. The summed E-state index contributed by atoms with van der Waals surface area (Å²) in [4.78, 5) is 12.5. The quantitative estimate of drug-likeness (QED) is 0.820. The summed E-state index contributed by atoms with van der Waals surface area (Å²) < 4.78 is 5.04. The number of methoxy groups -OCH3 is 1. The SMILES string of the molecule is COc1csc(C(=O)NC(C)CCCBr)c1. The van der Waals surface area contributed by atoms with E-state index in [1.54, 1.807) is 13.2 Å². The molecule has 0 aromatic carbocycles. The van der Waals surface area contributed by atoms with Crippen molar-refractivity contribution in [2.75, 3.05) is 12.4 Å². The number of hydrogen-bond donors (Lipinski definition) is 1. The number of thiophene rings is 1. The Labute approximate surface area is 108 Å². The molecule has 1 N–H and O–H groups in total. The summed E-state index contributed by atoms with van der Waals surface area (Å²) in [7, 11) is 1.60. The highest BCUT2D eigenvalue weighted by Crippen LogP contribution is 2.21. The molecular formula is C11H16BrNO2S. The highest BCUT2D eigenvalue weighted by molar-refractivity contribution is 9.09. The first-order valence-corrected chi connectivity index (χ1v) is 7.17. The molecule has 1 rings (SSSR count). The summed E-state index contributed by atoms with van der Waals surface area (Å²) >= 11 is 4.78. The van der Waals surface area contributed by atoms with Gasteiger partial charge in [0, 0.05) is 22.8 Å². The van der Waals surface area contributed by atoms with E-state index >= 15 is 0 Å². The number of halogens is 1. The van der Waals surface area contributed by atoms with Gasteiger partial charge in [0.2, 0.25) is 0 Å². The van der Waals surface area contributed by atoms with E-state index in [4.69, 9.17) is 4.74 Å². The van der Waals surface area contributed by atoms with Crippen LogP contribution in [-0.2, 0) is 0 Å². The molecule has 1 aromatic heterocycles. The minimum Gasteiger partial charge on any atom is -0.496 e. The molecule has 0 bridgehead atoms. The zero-order chi connectivity index (χ0) is 12.0. The summed E-state index contributed by atoms with van der Waals surface area (Å²) in [5.41, 5.74) is 0. The van der Waals surface area contributed by atoms with Gasteiger partial charge in [0.1, 0.15) is 5.75 Å². The Hall–Kier alpha value is -0.550. The third-order valence-corrected chi connectivity index (χ3v) is 3.65. The summed E-state index contributed by atoms with van der Waals surface area (Å²) in [6, 6.07) is 1.97. The normalized spacial score (nSPS) is 12.2. The van der Waals surface area contributed by atoms with Crippen LogP contribution in [0.25, 0.3) is 0 Å². The number of ether oxygens (including phenoxy) is 1. The Morgan fingerprint density at radius 3 is 3.00 bits per heavy atom. The van der Waals surface area contributed by atoms with Crippen LogP contribution in [0, 0.1) is 0 Å². The van der Waals surface area contributed by atoms with Crippen molar-refractivity contribution in [2.24, 2.45) is 0 Å². The molecule has 3 nitrogen and oxygen atoms in total. The molecule has 0 fully saturated rings. The first-order chi connectivity index (χ1) is 7.67. The number of alkyl halides is 1. The molecule has 0 radical (unpaired) electrons. The summed E-state index contributed by atoms with van der Waals surface area (Å²) in [5.74, 6) is 0.721. The second-order valence-electron chi connectivity index (χ2n) is 3.56. The smallest absolute Gasteiger partial charge is 0.261 e. The minimum absolute atomic E-state index is 0.0182. The molecule has 0 saturated heterocycles. The van der Waals surface area contributed by atoms with Crippen molar-refractivity contribution in [1.82, 2.24) is 5.32 Å².